The van der Waals surface area contributed by atoms with Crippen molar-refractivity contribution in [1.29, 1.82) is 0 Å². The summed E-state index contributed by atoms with van der Waals surface area (Å²) >= 11 is 0. The molecule has 0 spiro atoms. The van der Waals surface area contributed by atoms with E-state index in [1.807, 2.05) is 0 Å². The van der Waals surface area contributed by atoms with Crippen LogP contribution in [0.1, 0.15) is 13.3 Å². The summed E-state index contributed by atoms with van der Waals surface area (Å²) in [6, 6.07) is 0.326. The molecule has 1 aliphatic rings. The van der Waals surface area contributed by atoms with E-state index in [4.69, 9.17) is 10.5 Å². The molecule has 0 aliphatic carbocycles. The first kappa shape index (κ1) is 11.9. The van der Waals surface area contributed by atoms with Crippen LogP contribution in [0.5, 0.6) is 5.75 Å². The van der Waals surface area contributed by atoms with Gasteiger partial charge in [0.15, 0.2) is 5.82 Å². The van der Waals surface area contributed by atoms with Crippen molar-refractivity contribution in [2.75, 3.05) is 25.1 Å². The van der Waals surface area contributed by atoms with Gasteiger partial charge in [0.2, 0.25) is 5.75 Å². The van der Waals surface area contributed by atoms with Crippen molar-refractivity contribution in [2.45, 2.75) is 19.4 Å². The van der Waals surface area contributed by atoms with Gasteiger partial charge in [0.25, 0.3) is 5.56 Å². The minimum absolute atomic E-state index is 0.249. The van der Waals surface area contributed by atoms with Gasteiger partial charge in [0, 0.05) is 12.6 Å². The van der Waals surface area contributed by atoms with E-state index >= 15 is 0 Å². The zero-order chi connectivity index (χ0) is 12.4. The summed E-state index contributed by atoms with van der Waals surface area (Å²) in [6.07, 6.45) is 2.43. The number of hydrogen-bond acceptors (Lipinski definition) is 5. The fourth-order valence-electron chi connectivity index (χ4n) is 2.37. The van der Waals surface area contributed by atoms with Crippen LogP contribution >= 0.6 is 0 Å². The van der Waals surface area contributed by atoms with Gasteiger partial charge in [-0.05, 0) is 25.8 Å². The second-order valence-electron chi connectivity index (χ2n) is 4.43. The molecule has 3 N–H and O–H groups in total. The highest BCUT2D eigenvalue weighted by Crippen LogP contribution is 2.30. The van der Waals surface area contributed by atoms with Crippen molar-refractivity contribution in [3.05, 3.63) is 16.7 Å². The molecule has 1 aliphatic heterocycles. The van der Waals surface area contributed by atoms with Crippen LogP contribution in [0.2, 0.25) is 0 Å². The Morgan fingerprint density at radius 3 is 3.06 bits per heavy atom. The average Bonchev–Trinajstić information content (AvgIpc) is 2.70. The highest BCUT2D eigenvalue weighted by atomic mass is 16.5. The van der Waals surface area contributed by atoms with Crippen LogP contribution in [0.15, 0.2) is 11.1 Å². The molecule has 1 saturated heterocycles. The first-order valence-electron chi connectivity index (χ1n) is 5.75. The number of H-pyrrole nitrogens is 1. The SMILES string of the molecule is COc1c(N2CC(CN)CC2C)nc[nH]c1=O. The van der Waals surface area contributed by atoms with Gasteiger partial charge in [-0.3, -0.25) is 4.79 Å². The zero-order valence-electron chi connectivity index (χ0n) is 10.1. The molecule has 1 fully saturated rings. The molecule has 2 heterocycles. The number of rotatable bonds is 3. The molecule has 2 rings (SSSR count). The molecule has 6 heteroatoms. The van der Waals surface area contributed by atoms with Crippen LogP contribution in [0.4, 0.5) is 5.82 Å². The molecule has 0 radical (unpaired) electrons. The van der Waals surface area contributed by atoms with Crippen molar-refractivity contribution >= 4 is 5.82 Å². The van der Waals surface area contributed by atoms with E-state index in [-0.39, 0.29) is 11.3 Å². The molecule has 0 amide bonds. The number of hydrogen-bond donors (Lipinski definition) is 2. The van der Waals surface area contributed by atoms with Crippen molar-refractivity contribution in [3.63, 3.8) is 0 Å². The summed E-state index contributed by atoms with van der Waals surface area (Å²) < 4.78 is 5.13. The van der Waals surface area contributed by atoms with Crippen LogP contribution in [0.25, 0.3) is 0 Å². The predicted octanol–water partition coefficient (Wildman–Crippen LogP) is -0.0480. The minimum atomic E-state index is -0.249. The molecular formula is C11H18N4O2. The molecular weight excluding hydrogens is 220 g/mol. The van der Waals surface area contributed by atoms with E-state index in [1.165, 1.54) is 13.4 Å². The largest absolute Gasteiger partial charge is 0.489 e. The Balaban J connectivity index is 2.34. The number of nitrogens with one attached hydrogen (secondary N) is 1. The number of aromatic nitrogens is 2. The quantitative estimate of drug-likeness (QED) is 0.771. The number of anilines is 1. The number of nitrogens with zero attached hydrogens (tertiary/aromatic N) is 2. The van der Waals surface area contributed by atoms with Crippen LogP contribution in [0.3, 0.4) is 0 Å². The maximum atomic E-state index is 11.6. The summed E-state index contributed by atoms with van der Waals surface area (Å²) in [4.78, 5) is 20.4. The van der Waals surface area contributed by atoms with Crippen LogP contribution in [0, 0.1) is 5.92 Å². The Morgan fingerprint density at radius 2 is 2.47 bits per heavy atom. The zero-order valence-corrected chi connectivity index (χ0v) is 10.1. The van der Waals surface area contributed by atoms with Crippen LogP contribution in [-0.2, 0) is 0 Å². The molecule has 6 nitrogen and oxygen atoms in total. The first-order chi connectivity index (χ1) is 8.17. The summed E-state index contributed by atoms with van der Waals surface area (Å²) in [5.74, 6) is 1.34. The van der Waals surface area contributed by atoms with Gasteiger partial charge in [0.05, 0.1) is 13.4 Å². The summed E-state index contributed by atoms with van der Waals surface area (Å²) in [5, 5.41) is 0. The van der Waals surface area contributed by atoms with Gasteiger partial charge < -0.3 is 20.4 Å². The lowest BCUT2D eigenvalue weighted by molar-refractivity contribution is 0.405. The Bertz CT molecular complexity index is 445. The highest BCUT2D eigenvalue weighted by molar-refractivity contribution is 5.52. The van der Waals surface area contributed by atoms with Gasteiger partial charge >= 0.3 is 0 Å². The molecule has 2 atom stereocenters. The normalized spacial score (nSPS) is 24.1. The van der Waals surface area contributed by atoms with Crippen LogP contribution < -0.4 is 20.9 Å². The molecule has 1 aromatic heterocycles. The Hall–Kier alpha value is -1.56. The summed E-state index contributed by atoms with van der Waals surface area (Å²) in [7, 11) is 1.48. The second kappa shape index (κ2) is 4.75. The Kier molecular flexibility index (Phi) is 3.33. The molecule has 0 aromatic carbocycles. The molecule has 17 heavy (non-hydrogen) atoms. The van der Waals surface area contributed by atoms with Gasteiger partial charge in [-0.25, -0.2) is 4.98 Å². The third-order valence-electron chi connectivity index (χ3n) is 3.26. The lowest BCUT2D eigenvalue weighted by atomic mass is 10.1. The minimum Gasteiger partial charge on any atom is -0.489 e. The fourth-order valence-corrected chi connectivity index (χ4v) is 2.37. The Labute approximate surface area is 99.8 Å². The van der Waals surface area contributed by atoms with Crippen molar-refractivity contribution in [2.24, 2.45) is 11.7 Å². The third-order valence-corrected chi connectivity index (χ3v) is 3.26. The van der Waals surface area contributed by atoms with E-state index in [9.17, 15) is 4.79 Å². The summed E-state index contributed by atoms with van der Waals surface area (Å²) in [5.41, 5.74) is 5.44. The number of aromatic amines is 1. The average molecular weight is 238 g/mol. The van der Waals surface area contributed by atoms with Crippen LogP contribution in [-0.4, -0.2) is 36.2 Å². The number of methoxy groups -OCH3 is 1. The topological polar surface area (TPSA) is 84.2 Å². The van der Waals surface area contributed by atoms with Crippen molar-refractivity contribution in [1.82, 2.24) is 9.97 Å². The molecule has 0 saturated carbocycles. The van der Waals surface area contributed by atoms with Crippen molar-refractivity contribution < 1.29 is 4.74 Å². The van der Waals surface area contributed by atoms with Gasteiger partial charge in [-0.1, -0.05) is 0 Å². The maximum Gasteiger partial charge on any atom is 0.295 e. The molecule has 94 valence electrons. The molecule has 0 bridgehead atoms. The lowest BCUT2D eigenvalue weighted by Crippen LogP contribution is -2.30. The molecule has 1 aromatic rings. The number of ether oxygens (including phenoxy) is 1. The van der Waals surface area contributed by atoms with Gasteiger partial charge in [0.1, 0.15) is 0 Å². The summed E-state index contributed by atoms with van der Waals surface area (Å²) in [6.45, 7) is 3.59. The smallest absolute Gasteiger partial charge is 0.295 e. The lowest BCUT2D eigenvalue weighted by Gasteiger charge is -2.23. The maximum absolute atomic E-state index is 11.6. The Morgan fingerprint density at radius 1 is 1.71 bits per heavy atom. The second-order valence-corrected chi connectivity index (χ2v) is 4.43. The molecule has 2 unspecified atom stereocenters. The standard InChI is InChI=1S/C11H18N4O2/c1-7-3-8(4-12)5-15(7)10-9(17-2)11(16)14-6-13-10/h6-8H,3-5,12H2,1-2H3,(H,13,14,16). The highest BCUT2D eigenvalue weighted by Gasteiger charge is 2.31. The van der Waals surface area contributed by atoms with E-state index in [0.29, 0.717) is 24.3 Å². The fraction of sp³-hybridized carbons (Fsp3) is 0.636. The predicted molar refractivity (Wildman–Crippen MR) is 65.4 cm³/mol. The monoisotopic (exact) mass is 238 g/mol. The van der Waals surface area contributed by atoms with Crippen molar-refractivity contribution in [3.8, 4) is 5.75 Å². The first-order valence-corrected chi connectivity index (χ1v) is 5.75. The van der Waals surface area contributed by atoms with E-state index in [0.717, 1.165) is 13.0 Å². The van der Waals surface area contributed by atoms with E-state index in [1.54, 1.807) is 0 Å². The van der Waals surface area contributed by atoms with Gasteiger partial charge in [-0.15, -0.1) is 0 Å². The third kappa shape index (κ3) is 2.12. The van der Waals surface area contributed by atoms with E-state index < -0.39 is 0 Å². The number of nitrogens with two attached hydrogens (primary N) is 1. The van der Waals surface area contributed by atoms with Gasteiger partial charge in [-0.2, -0.15) is 0 Å². The van der Waals surface area contributed by atoms with E-state index in [2.05, 4.69) is 21.8 Å².